The van der Waals surface area contributed by atoms with Crippen molar-refractivity contribution in [1.82, 2.24) is 19.7 Å². The average molecular weight is 517 g/mol. The van der Waals surface area contributed by atoms with Crippen LogP contribution in [0.4, 0.5) is 0 Å². The molecule has 0 bridgehead atoms. The van der Waals surface area contributed by atoms with Crippen LogP contribution in [0.3, 0.4) is 0 Å². The summed E-state index contributed by atoms with van der Waals surface area (Å²) < 4.78 is 38.4. The van der Waals surface area contributed by atoms with Crippen LogP contribution in [-0.4, -0.2) is 47.6 Å². The molecule has 0 spiro atoms. The molecule has 1 atom stereocenters. The van der Waals surface area contributed by atoms with Crippen molar-refractivity contribution in [1.29, 1.82) is 0 Å². The van der Waals surface area contributed by atoms with Crippen molar-refractivity contribution in [2.75, 3.05) is 19.5 Å². The zero-order chi connectivity index (χ0) is 25.7. The summed E-state index contributed by atoms with van der Waals surface area (Å²) in [5, 5.41) is 5.00. The molecule has 1 saturated heterocycles. The number of nitrogens with zero attached hydrogens (tertiary/aromatic N) is 4. The first-order chi connectivity index (χ1) is 17.8. The number of ether oxygens (including phenoxy) is 1. The Balaban J connectivity index is 1.71. The van der Waals surface area contributed by atoms with Crippen LogP contribution in [-0.2, 0) is 14.6 Å². The maximum absolute atomic E-state index is 12.5. The molecule has 1 aliphatic heterocycles. The maximum atomic E-state index is 12.5. The number of fused-ring (bicyclic) bond motifs is 3. The summed E-state index contributed by atoms with van der Waals surface area (Å²) in [5.74, 6) is 1.00. The van der Waals surface area contributed by atoms with Crippen LogP contribution in [0.1, 0.15) is 35.9 Å². The second-order valence-corrected chi connectivity index (χ2v) is 11.7. The van der Waals surface area contributed by atoms with Crippen molar-refractivity contribution < 1.29 is 17.7 Å². The first kappa shape index (κ1) is 23.8. The highest BCUT2D eigenvalue weighted by atomic mass is 32.2. The zero-order valence-electron chi connectivity index (χ0n) is 21.0. The third kappa shape index (κ3) is 4.12. The molecule has 8 nitrogen and oxygen atoms in total. The van der Waals surface area contributed by atoms with Crippen molar-refractivity contribution in [2.24, 2.45) is 5.92 Å². The average Bonchev–Trinajstić information content (AvgIpc) is 3.40. The number of sulfone groups is 1. The number of hydrogen-bond acceptors (Lipinski definition) is 7. The Morgan fingerprint density at radius 1 is 1.05 bits per heavy atom. The lowest BCUT2D eigenvalue weighted by molar-refractivity contribution is 0.0552. The van der Waals surface area contributed by atoms with Gasteiger partial charge in [-0.3, -0.25) is 4.98 Å². The summed E-state index contributed by atoms with van der Waals surface area (Å²) in [6, 6.07) is 15.8. The Kier molecular flexibility index (Phi) is 5.84. The Labute approximate surface area is 215 Å². The molecule has 37 heavy (non-hydrogen) atoms. The molecule has 0 saturated carbocycles. The lowest BCUT2D eigenvalue weighted by Gasteiger charge is -2.32. The van der Waals surface area contributed by atoms with E-state index in [9.17, 15) is 8.42 Å². The van der Waals surface area contributed by atoms with Crippen LogP contribution in [0.5, 0.6) is 0 Å². The van der Waals surface area contributed by atoms with E-state index in [1.54, 1.807) is 6.07 Å². The van der Waals surface area contributed by atoms with E-state index in [1.165, 1.54) is 6.26 Å². The minimum atomic E-state index is -3.50. The highest BCUT2D eigenvalue weighted by molar-refractivity contribution is 7.90. The molecule has 4 aromatic heterocycles. The van der Waals surface area contributed by atoms with Gasteiger partial charge in [0.15, 0.2) is 14.9 Å². The second kappa shape index (κ2) is 9.08. The lowest BCUT2D eigenvalue weighted by Crippen LogP contribution is -2.27. The Morgan fingerprint density at radius 3 is 2.49 bits per heavy atom. The summed E-state index contributed by atoms with van der Waals surface area (Å²) in [7, 11) is -3.50. The molecule has 0 N–H and O–H groups in total. The van der Waals surface area contributed by atoms with Gasteiger partial charge in [0.25, 0.3) is 0 Å². The van der Waals surface area contributed by atoms with E-state index in [4.69, 9.17) is 19.2 Å². The predicted molar refractivity (Wildman–Crippen MR) is 141 cm³/mol. The predicted octanol–water partition coefficient (Wildman–Crippen LogP) is 5.28. The van der Waals surface area contributed by atoms with Gasteiger partial charge in [-0.2, -0.15) is 0 Å². The smallest absolute Gasteiger partial charge is 0.192 e. The zero-order valence-corrected chi connectivity index (χ0v) is 21.8. The second-order valence-electron chi connectivity index (χ2n) is 9.76. The third-order valence-electron chi connectivity index (χ3n) is 7.29. The molecule has 0 aliphatic carbocycles. The van der Waals surface area contributed by atoms with Gasteiger partial charge < -0.3 is 13.8 Å². The summed E-state index contributed by atoms with van der Waals surface area (Å²) in [4.78, 5) is 9.60. The minimum absolute atomic E-state index is 0.0498. The van der Waals surface area contributed by atoms with Gasteiger partial charge in [0.05, 0.1) is 22.8 Å². The molecule has 0 radical (unpaired) electrons. The van der Waals surface area contributed by atoms with Gasteiger partial charge in [0, 0.05) is 42.2 Å². The number of pyridine rings is 2. The standard InChI is InChI=1S/C28H28N4O4S/c1-17-25(18(2)36-31-17)21-15-23-26(29-16-21)22-9-10-24(37(3,33)34)30-28(22)32(23)27(19-7-5-4-6-8-19)20-11-13-35-14-12-20/h4-10,15-16,20,27H,11-14H2,1-3H3/t27-/m1/s1. The van der Waals surface area contributed by atoms with Crippen LogP contribution >= 0.6 is 0 Å². The molecular weight excluding hydrogens is 488 g/mol. The summed E-state index contributed by atoms with van der Waals surface area (Å²) in [5.41, 5.74) is 6.04. The molecule has 0 amide bonds. The van der Waals surface area contributed by atoms with Crippen molar-refractivity contribution in [3.05, 3.63) is 71.7 Å². The lowest BCUT2D eigenvalue weighted by atomic mass is 9.86. The molecule has 190 valence electrons. The fourth-order valence-electron chi connectivity index (χ4n) is 5.59. The number of hydrogen-bond donors (Lipinski definition) is 0. The largest absolute Gasteiger partial charge is 0.381 e. The van der Waals surface area contributed by atoms with Crippen LogP contribution in [0.15, 0.2) is 64.3 Å². The highest BCUT2D eigenvalue weighted by Crippen LogP contribution is 2.41. The van der Waals surface area contributed by atoms with Crippen molar-refractivity contribution in [3.8, 4) is 11.1 Å². The van der Waals surface area contributed by atoms with Gasteiger partial charge in [0.2, 0.25) is 0 Å². The van der Waals surface area contributed by atoms with Crippen LogP contribution in [0.2, 0.25) is 0 Å². The monoisotopic (exact) mass is 516 g/mol. The van der Waals surface area contributed by atoms with E-state index in [0.717, 1.165) is 57.4 Å². The molecular formula is C28H28N4O4S. The van der Waals surface area contributed by atoms with E-state index in [0.29, 0.717) is 18.9 Å². The van der Waals surface area contributed by atoms with Gasteiger partial charge in [-0.25, -0.2) is 13.4 Å². The Hall–Kier alpha value is -3.56. The number of aryl methyl sites for hydroxylation is 2. The Bertz CT molecular complexity index is 1700. The van der Waals surface area contributed by atoms with Crippen molar-refractivity contribution >= 4 is 31.9 Å². The van der Waals surface area contributed by atoms with Crippen molar-refractivity contribution in [3.63, 3.8) is 0 Å². The van der Waals surface area contributed by atoms with E-state index in [2.05, 4.69) is 27.9 Å². The molecule has 5 aromatic rings. The van der Waals surface area contributed by atoms with Gasteiger partial charge in [-0.15, -0.1) is 0 Å². The van der Waals surface area contributed by atoms with Gasteiger partial charge in [0.1, 0.15) is 11.4 Å². The fraction of sp³-hybridized carbons (Fsp3) is 0.321. The van der Waals surface area contributed by atoms with E-state index >= 15 is 0 Å². The molecule has 0 unspecified atom stereocenters. The van der Waals surface area contributed by atoms with Crippen LogP contribution < -0.4 is 0 Å². The molecule has 1 aliphatic rings. The normalized spacial score (nSPS) is 16.0. The van der Waals surface area contributed by atoms with E-state index < -0.39 is 9.84 Å². The quantitative estimate of drug-likeness (QED) is 0.313. The first-order valence-electron chi connectivity index (χ1n) is 12.4. The molecule has 9 heteroatoms. The number of aromatic nitrogens is 4. The SMILES string of the molecule is Cc1noc(C)c1-c1cnc2c3ccc(S(C)(=O)=O)nc3n([C@H](c3ccccc3)C3CCOCC3)c2c1. The van der Waals surface area contributed by atoms with Crippen LogP contribution in [0.25, 0.3) is 33.2 Å². The first-order valence-corrected chi connectivity index (χ1v) is 14.3. The molecule has 5 heterocycles. The fourth-order valence-corrected chi connectivity index (χ4v) is 6.16. The van der Waals surface area contributed by atoms with Crippen LogP contribution in [0, 0.1) is 19.8 Å². The molecule has 1 fully saturated rings. The third-order valence-corrected chi connectivity index (χ3v) is 8.28. The minimum Gasteiger partial charge on any atom is -0.381 e. The summed E-state index contributed by atoms with van der Waals surface area (Å²) in [6.45, 7) is 5.19. The van der Waals surface area contributed by atoms with Gasteiger partial charge in [-0.05, 0) is 56.4 Å². The van der Waals surface area contributed by atoms with Gasteiger partial charge in [-0.1, -0.05) is 35.5 Å². The maximum Gasteiger partial charge on any atom is 0.192 e. The molecule has 1 aromatic carbocycles. The number of rotatable bonds is 5. The highest BCUT2D eigenvalue weighted by Gasteiger charge is 2.31. The number of benzene rings is 1. The topological polar surface area (TPSA) is 100 Å². The van der Waals surface area contributed by atoms with Crippen molar-refractivity contribution in [2.45, 2.75) is 37.8 Å². The Morgan fingerprint density at radius 2 is 1.81 bits per heavy atom. The molecule has 6 rings (SSSR count). The summed E-state index contributed by atoms with van der Waals surface area (Å²) >= 11 is 0. The van der Waals surface area contributed by atoms with E-state index in [1.807, 2.05) is 44.3 Å². The van der Waals surface area contributed by atoms with Gasteiger partial charge >= 0.3 is 0 Å². The summed E-state index contributed by atoms with van der Waals surface area (Å²) in [6.07, 6.45) is 4.80. The van der Waals surface area contributed by atoms with E-state index in [-0.39, 0.29) is 17.0 Å².